The van der Waals surface area contributed by atoms with Gasteiger partial charge in [0.25, 0.3) is 11.8 Å². The Morgan fingerprint density at radius 3 is 1.93 bits per heavy atom. The number of thioether (sulfide) groups is 1. The van der Waals surface area contributed by atoms with Crippen LogP contribution in [0.5, 0.6) is 0 Å². The third kappa shape index (κ3) is 8.75. The number of carbonyl (C=O) groups is 3. The van der Waals surface area contributed by atoms with Gasteiger partial charge in [-0.3, -0.25) is 14.4 Å². The zero-order chi connectivity index (χ0) is 31.6. The second-order valence-electron chi connectivity index (χ2n) is 9.82. The molecule has 1 unspecified atom stereocenters. The second kappa shape index (κ2) is 14.8. The minimum absolute atomic E-state index is 0.0469. The molecule has 0 spiro atoms. The maximum Gasteiger partial charge on any atom is 0.272 e. The lowest BCUT2D eigenvalue weighted by atomic mass is 10.1. The van der Waals surface area contributed by atoms with Crippen LogP contribution in [-0.2, 0) is 9.59 Å². The van der Waals surface area contributed by atoms with Crippen LogP contribution in [0.1, 0.15) is 26.7 Å². The Morgan fingerprint density at radius 2 is 1.27 bits per heavy atom. The Bertz CT molecular complexity index is 1810. The van der Waals surface area contributed by atoms with Crippen molar-refractivity contribution < 1.29 is 23.2 Å². The summed E-state index contributed by atoms with van der Waals surface area (Å²) < 4.78 is 26.9. The second-order valence-corrected chi connectivity index (χ2v) is 11.0. The highest BCUT2D eigenvalue weighted by atomic mass is 32.2. The maximum atomic E-state index is 13.5. The van der Waals surface area contributed by atoms with Gasteiger partial charge in [0.1, 0.15) is 22.6 Å². The molecule has 45 heavy (non-hydrogen) atoms. The predicted molar refractivity (Wildman–Crippen MR) is 173 cm³/mol. The number of benzene rings is 5. The van der Waals surface area contributed by atoms with Gasteiger partial charge in [0.15, 0.2) is 0 Å². The van der Waals surface area contributed by atoms with E-state index in [9.17, 15) is 23.2 Å². The number of hydrogen-bond donors (Lipinski definition) is 3. The molecule has 5 rings (SSSR count). The van der Waals surface area contributed by atoms with Crippen molar-refractivity contribution in [1.82, 2.24) is 5.32 Å². The first-order valence-electron chi connectivity index (χ1n) is 13.9. The van der Waals surface area contributed by atoms with Crippen LogP contribution >= 0.6 is 11.8 Å². The van der Waals surface area contributed by atoms with E-state index in [1.165, 1.54) is 66.4 Å². The number of halogens is 2. The maximum absolute atomic E-state index is 13.5. The normalized spacial score (nSPS) is 11.7. The predicted octanol–water partition coefficient (Wildman–Crippen LogP) is 7.85. The molecule has 0 saturated carbocycles. The molecule has 5 aromatic rings. The van der Waals surface area contributed by atoms with Crippen LogP contribution < -0.4 is 16.0 Å². The van der Waals surface area contributed by atoms with Gasteiger partial charge in [0.2, 0.25) is 5.91 Å². The summed E-state index contributed by atoms with van der Waals surface area (Å²) in [5.74, 6) is -2.22. The van der Waals surface area contributed by atoms with Gasteiger partial charge in [-0.05, 0) is 83.9 Å². The average molecular weight is 620 g/mol. The van der Waals surface area contributed by atoms with Gasteiger partial charge in [-0.15, -0.1) is 11.8 Å². The molecule has 0 radical (unpaired) electrons. The highest BCUT2D eigenvalue weighted by molar-refractivity contribution is 8.00. The fourth-order valence-electron chi connectivity index (χ4n) is 4.29. The third-order valence-electron chi connectivity index (χ3n) is 6.51. The fraction of sp³-hybridized carbons (Fsp3) is 0.0278. The molecule has 0 bridgehead atoms. The minimum atomic E-state index is -0.665. The van der Waals surface area contributed by atoms with Gasteiger partial charge < -0.3 is 16.0 Å². The molecule has 0 aromatic heterocycles. The van der Waals surface area contributed by atoms with E-state index >= 15 is 0 Å². The van der Waals surface area contributed by atoms with E-state index in [2.05, 4.69) is 16.0 Å². The number of nitrogens with one attached hydrogen (secondary N) is 3. The summed E-state index contributed by atoms with van der Waals surface area (Å²) >= 11 is 1.28. The van der Waals surface area contributed by atoms with E-state index in [0.29, 0.717) is 27.4 Å². The first kappa shape index (κ1) is 30.9. The fourth-order valence-corrected chi connectivity index (χ4v) is 5.38. The number of carbonyl (C=O) groups excluding carboxylic acids is 3. The number of rotatable bonds is 10. The van der Waals surface area contributed by atoms with Crippen molar-refractivity contribution in [1.29, 1.82) is 0 Å². The molecule has 9 heteroatoms. The van der Waals surface area contributed by atoms with Gasteiger partial charge in [-0.1, -0.05) is 66.7 Å². The van der Waals surface area contributed by atoms with Gasteiger partial charge >= 0.3 is 0 Å². The van der Waals surface area contributed by atoms with Gasteiger partial charge in [0, 0.05) is 21.8 Å². The molecule has 224 valence electrons. The Morgan fingerprint density at radius 1 is 0.644 bits per heavy atom. The Balaban J connectivity index is 1.37. The smallest absolute Gasteiger partial charge is 0.272 e. The molecule has 3 N–H and O–H groups in total. The van der Waals surface area contributed by atoms with Crippen LogP contribution in [-0.4, -0.2) is 17.7 Å². The summed E-state index contributed by atoms with van der Waals surface area (Å²) in [5, 5.41) is 7.65. The molecule has 0 heterocycles. The number of hydrogen-bond acceptors (Lipinski definition) is 4. The van der Waals surface area contributed by atoms with Crippen molar-refractivity contribution in [2.45, 2.75) is 10.1 Å². The summed E-state index contributed by atoms with van der Waals surface area (Å²) in [6.45, 7) is 0. The molecule has 0 fully saturated rings. The molecular weight excluding hydrogens is 592 g/mol. The monoisotopic (exact) mass is 619 g/mol. The molecule has 0 aliphatic carbocycles. The summed E-state index contributed by atoms with van der Waals surface area (Å²) in [7, 11) is 0. The first-order valence-corrected chi connectivity index (χ1v) is 14.7. The summed E-state index contributed by atoms with van der Waals surface area (Å²) in [6.07, 6.45) is 1.46. The van der Waals surface area contributed by atoms with E-state index in [-0.39, 0.29) is 11.6 Å². The summed E-state index contributed by atoms with van der Waals surface area (Å²) in [6, 6.07) is 35.7. The van der Waals surface area contributed by atoms with Crippen molar-refractivity contribution in [2.75, 3.05) is 10.6 Å². The van der Waals surface area contributed by atoms with Crippen LogP contribution in [0.2, 0.25) is 0 Å². The van der Waals surface area contributed by atoms with E-state index in [1.54, 1.807) is 48.5 Å². The zero-order valence-electron chi connectivity index (χ0n) is 23.7. The standard InChI is InChI=1S/C36H27F2N3O3S/c37-27-16-14-24(15-17-27)22-32(41-34(42)26-10-5-2-6-11-26)35(43)40-30-12-7-13-31(23-30)45-33(25-8-3-1-4-9-25)36(44)39-29-20-18-28(38)19-21-29/h1-23,33H,(H,39,44)(H,40,43)(H,41,42)/b32-22-. The molecule has 5 aromatic carbocycles. The minimum Gasteiger partial charge on any atom is -0.325 e. The Hall–Kier alpha value is -5.54. The lowest BCUT2D eigenvalue weighted by molar-refractivity contribution is -0.116. The van der Waals surface area contributed by atoms with Crippen molar-refractivity contribution in [3.05, 3.63) is 167 Å². The topological polar surface area (TPSA) is 87.3 Å². The van der Waals surface area contributed by atoms with Gasteiger partial charge in [-0.2, -0.15) is 0 Å². The Labute approximate surface area is 263 Å². The Kier molecular flexibility index (Phi) is 10.1. The number of amides is 3. The third-order valence-corrected chi connectivity index (χ3v) is 7.76. The first-order chi connectivity index (χ1) is 21.8. The van der Waals surface area contributed by atoms with Crippen LogP contribution in [0.25, 0.3) is 6.08 Å². The molecule has 3 amide bonds. The lowest BCUT2D eigenvalue weighted by Gasteiger charge is -2.18. The van der Waals surface area contributed by atoms with E-state index in [4.69, 9.17) is 0 Å². The lowest BCUT2D eigenvalue weighted by Crippen LogP contribution is -2.30. The zero-order valence-corrected chi connectivity index (χ0v) is 24.6. The summed E-state index contributed by atoms with van der Waals surface area (Å²) in [5.41, 5.74) is 2.47. The largest absolute Gasteiger partial charge is 0.325 e. The van der Waals surface area contributed by atoms with Crippen molar-refractivity contribution in [3.63, 3.8) is 0 Å². The van der Waals surface area contributed by atoms with Crippen molar-refractivity contribution in [2.24, 2.45) is 0 Å². The average Bonchev–Trinajstić information content (AvgIpc) is 3.06. The highest BCUT2D eigenvalue weighted by Crippen LogP contribution is 2.37. The van der Waals surface area contributed by atoms with E-state index < -0.39 is 28.7 Å². The molecule has 0 aliphatic rings. The van der Waals surface area contributed by atoms with Gasteiger partial charge in [0.05, 0.1) is 0 Å². The van der Waals surface area contributed by atoms with Gasteiger partial charge in [-0.25, -0.2) is 8.78 Å². The molecule has 0 saturated heterocycles. The SMILES string of the molecule is O=C(Nc1cccc(SC(C(=O)Nc2ccc(F)cc2)c2ccccc2)c1)/C(=C/c1ccc(F)cc1)NC(=O)c1ccccc1. The van der Waals surface area contributed by atoms with Crippen molar-refractivity contribution >= 4 is 46.9 Å². The highest BCUT2D eigenvalue weighted by Gasteiger charge is 2.23. The molecule has 1 atom stereocenters. The van der Waals surface area contributed by atoms with Crippen LogP contribution in [0.15, 0.2) is 144 Å². The molecule has 0 aliphatic heterocycles. The number of anilines is 2. The summed E-state index contributed by atoms with van der Waals surface area (Å²) in [4.78, 5) is 40.5. The van der Waals surface area contributed by atoms with Crippen LogP contribution in [0.4, 0.5) is 20.2 Å². The van der Waals surface area contributed by atoms with Crippen molar-refractivity contribution in [3.8, 4) is 0 Å². The van der Waals surface area contributed by atoms with Crippen LogP contribution in [0.3, 0.4) is 0 Å². The quantitative estimate of drug-likeness (QED) is 0.110. The van der Waals surface area contributed by atoms with E-state index in [1.807, 2.05) is 36.4 Å². The molecule has 6 nitrogen and oxygen atoms in total. The molecular formula is C36H27F2N3O3S. The van der Waals surface area contributed by atoms with E-state index in [0.717, 1.165) is 5.56 Å². The van der Waals surface area contributed by atoms with Crippen LogP contribution in [0, 0.1) is 11.6 Å².